The van der Waals surface area contributed by atoms with Crippen LogP contribution in [0.2, 0.25) is 0 Å². The number of aromatic nitrogens is 3. The highest BCUT2D eigenvalue weighted by molar-refractivity contribution is 7.09. The first-order chi connectivity index (χ1) is 14.2. The second-order valence-corrected chi connectivity index (χ2v) is 8.74. The largest absolute Gasteiger partial charge is 0.490 e. The Bertz CT molecular complexity index is 835. The van der Waals surface area contributed by atoms with Crippen molar-refractivity contribution < 1.29 is 27.8 Å². The summed E-state index contributed by atoms with van der Waals surface area (Å²) in [5, 5.41) is 14.9. The number of hydrogen-bond acceptors (Lipinski definition) is 6. The highest BCUT2D eigenvalue weighted by Crippen LogP contribution is 2.29. The van der Waals surface area contributed by atoms with Gasteiger partial charge in [0.15, 0.2) is 0 Å². The van der Waals surface area contributed by atoms with E-state index in [-0.39, 0.29) is 0 Å². The van der Waals surface area contributed by atoms with Gasteiger partial charge in [-0.15, -0.1) is 11.3 Å². The zero-order valence-electron chi connectivity index (χ0n) is 16.6. The summed E-state index contributed by atoms with van der Waals surface area (Å²) >= 11 is 1.73. The molecule has 0 amide bonds. The number of rotatable bonds is 6. The maximum atomic E-state index is 10.6. The number of carbonyl (C=O) groups is 1. The molecule has 0 saturated heterocycles. The lowest BCUT2D eigenvalue weighted by atomic mass is 10.1. The van der Waals surface area contributed by atoms with Crippen LogP contribution in [-0.4, -0.2) is 56.7 Å². The molecule has 2 aliphatic rings. The summed E-state index contributed by atoms with van der Waals surface area (Å²) in [5.74, 6) is -1.43. The topological polar surface area (TPSA) is 80.5 Å². The number of halogens is 3. The first kappa shape index (κ1) is 22.7. The third-order valence-corrected chi connectivity index (χ3v) is 5.66. The van der Waals surface area contributed by atoms with Gasteiger partial charge in [0, 0.05) is 50.3 Å². The molecular formula is C19H25F3N4O3S. The van der Waals surface area contributed by atoms with E-state index in [2.05, 4.69) is 38.0 Å². The van der Waals surface area contributed by atoms with Crippen molar-refractivity contribution in [3.63, 3.8) is 0 Å². The van der Waals surface area contributed by atoms with Crippen molar-refractivity contribution in [2.75, 3.05) is 19.8 Å². The van der Waals surface area contributed by atoms with Crippen molar-refractivity contribution in [2.24, 2.45) is 11.8 Å². The van der Waals surface area contributed by atoms with Crippen LogP contribution in [0.4, 0.5) is 13.2 Å². The minimum Gasteiger partial charge on any atom is -0.475 e. The fourth-order valence-corrected chi connectivity index (χ4v) is 3.85. The molecule has 30 heavy (non-hydrogen) atoms. The molecule has 3 heterocycles. The van der Waals surface area contributed by atoms with Crippen molar-refractivity contribution in [3.05, 3.63) is 34.0 Å². The molecule has 1 unspecified atom stereocenters. The van der Waals surface area contributed by atoms with Crippen LogP contribution in [0.5, 0.6) is 0 Å². The minimum atomic E-state index is -5.08. The first-order valence-electron chi connectivity index (χ1n) is 9.72. The van der Waals surface area contributed by atoms with Gasteiger partial charge in [-0.3, -0.25) is 9.58 Å². The Morgan fingerprint density at radius 1 is 1.30 bits per heavy atom. The van der Waals surface area contributed by atoms with E-state index in [1.54, 1.807) is 11.3 Å². The van der Waals surface area contributed by atoms with E-state index >= 15 is 0 Å². The summed E-state index contributed by atoms with van der Waals surface area (Å²) in [6.45, 7) is 7.70. The molecule has 0 radical (unpaired) electrons. The molecule has 0 aromatic carbocycles. The minimum absolute atomic E-state index is 0.495. The van der Waals surface area contributed by atoms with Gasteiger partial charge in [-0.2, -0.15) is 18.3 Å². The van der Waals surface area contributed by atoms with Crippen molar-refractivity contribution in [2.45, 2.75) is 45.6 Å². The third kappa shape index (κ3) is 7.06. The molecule has 166 valence electrons. The van der Waals surface area contributed by atoms with Gasteiger partial charge in [0.05, 0.1) is 23.0 Å². The van der Waals surface area contributed by atoms with E-state index in [1.165, 1.54) is 24.2 Å². The molecule has 1 aliphatic carbocycles. The zero-order valence-corrected chi connectivity index (χ0v) is 17.5. The maximum Gasteiger partial charge on any atom is 0.490 e. The summed E-state index contributed by atoms with van der Waals surface area (Å²) in [7, 11) is 0. The quantitative estimate of drug-likeness (QED) is 0.733. The SMILES string of the molecule is Cc1nc(CN2Cc3ccnn3CC(COCC3CC3)C2)cs1.O=C(O)C(F)(F)F. The predicted molar refractivity (Wildman–Crippen MR) is 104 cm³/mol. The average molecular weight is 446 g/mol. The van der Waals surface area contributed by atoms with Gasteiger partial charge in [0.25, 0.3) is 0 Å². The molecule has 7 nitrogen and oxygen atoms in total. The molecule has 1 atom stereocenters. The lowest BCUT2D eigenvalue weighted by Crippen LogP contribution is -2.30. The molecule has 2 aromatic heterocycles. The Hall–Kier alpha value is -1.98. The van der Waals surface area contributed by atoms with Crippen molar-refractivity contribution >= 4 is 17.3 Å². The highest BCUT2D eigenvalue weighted by atomic mass is 32.1. The Balaban J connectivity index is 0.000000318. The van der Waals surface area contributed by atoms with Crippen LogP contribution in [0.25, 0.3) is 0 Å². The maximum absolute atomic E-state index is 10.6. The van der Waals surface area contributed by atoms with Crippen LogP contribution in [0.3, 0.4) is 0 Å². The van der Waals surface area contributed by atoms with E-state index < -0.39 is 12.1 Å². The molecule has 11 heteroatoms. The summed E-state index contributed by atoms with van der Waals surface area (Å²) in [5.41, 5.74) is 2.47. The third-order valence-electron chi connectivity index (χ3n) is 4.84. The fraction of sp³-hybridized carbons (Fsp3) is 0.632. The molecule has 1 aliphatic heterocycles. The highest BCUT2D eigenvalue weighted by Gasteiger charge is 2.38. The van der Waals surface area contributed by atoms with E-state index in [1.807, 2.05) is 6.20 Å². The number of alkyl halides is 3. The van der Waals surface area contributed by atoms with Crippen LogP contribution in [-0.2, 0) is 29.2 Å². The van der Waals surface area contributed by atoms with Gasteiger partial charge in [-0.05, 0) is 31.7 Å². The van der Waals surface area contributed by atoms with Gasteiger partial charge in [0.2, 0.25) is 0 Å². The number of aliphatic carboxylic acids is 1. The van der Waals surface area contributed by atoms with Crippen LogP contribution in [0.15, 0.2) is 17.6 Å². The van der Waals surface area contributed by atoms with Gasteiger partial charge in [-0.1, -0.05) is 0 Å². The second-order valence-electron chi connectivity index (χ2n) is 7.68. The van der Waals surface area contributed by atoms with E-state index in [0.29, 0.717) is 5.92 Å². The lowest BCUT2D eigenvalue weighted by Gasteiger charge is -2.23. The Kier molecular flexibility index (Phi) is 7.48. The standard InChI is InChI=1S/C17H24N4OS.C2HF3O2/c1-13-19-16(12-23-13)8-20-6-15(11-22-10-14-2-3-14)7-21-17(9-20)4-5-18-21;3-2(4,5)1(6)7/h4-5,12,14-15H,2-3,6-11H2,1H3;(H,6,7). The van der Waals surface area contributed by atoms with Crippen LogP contribution < -0.4 is 0 Å². The average Bonchev–Trinajstić information content (AvgIpc) is 3.29. The van der Waals surface area contributed by atoms with Gasteiger partial charge < -0.3 is 9.84 Å². The molecular weight excluding hydrogens is 421 g/mol. The van der Waals surface area contributed by atoms with Crippen molar-refractivity contribution in [1.29, 1.82) is 0 Å². The first-order valence-corrected chi connectivity index (χ1v) is 10.6. The van der Waals surface area contributed by atoms with Gasteiger partial charge in [-0.25, -0.2) is 9.78 Å². The Morgan fingerprint density at radius 2 is 2.00 bits per heavy atom. The van der Waals surface area contributed by atoms with Crippen LogP contribution in [0, 0.1) is 18.8 Å². The fourth-order valence-electron chi connectivity index (χ4n) is 3.24. The molecule has 1 saturated carbocycles. The predicted octanol–water partition coefficient (Wildman–Crippen LogP) is 3.34. The van der Waals surface area contributed by atoms with Crippen LogP contribution in [0.1, 0.15) is 29.2 Å². The number of carboxylic acid groups (broad SMARTS) is 1. The van der Waals surface area contributed by atoms with Crippen molar-refractivity contribution in [3.8, 4) is 0 Å². The summed E-state index contributed by atoms with van der Waals surface area (Å²) in [6, 6.07) is 2.13. The van der Waals surface area contributed by atoms with E-state index in [9.17, 15) is 13.2 Å². The Morgan fingerprint density at radius 3 is 2.60 bits per heavy atom. The number of nitrogens with zero attached hydrogens (tertiary/aromatic N) is 4. The van der Waals surface area contributed by atoms with Gasteiger partial charge >= 0.3 is 12.1 Å². The van der Waals surface area contributed by atoms with Crippen molar-refractivity contribution in [1.82, 2.24) is 19.7 Å². The van der Waals surface area contributed by atoms with E-state index in [4.69, 9.17) is 14.6 Å². The number of carboxylic acids is 1. The molecule has 1 N–H and O–H groups in total. The molecule has 0 spiro atoms. The molecule has 1 fully saturated rings. The van der Waals surface area contributed by atoms with Crippen LogP contribution >= 0.6 is 11.3 Å². The monoisotopic (exact) mass is 446 g/mol. The van der Waals surface area contributed by atoms with E-state index in [0.717, 1.165) is 50.3 Å². The normalized spacial score (nSPS) is 19.5. The number of ether oxygens (including phenoxy) is 1. The number of fused-ring (bicyclic) bond motifs is 1. The number of aryl methyl sites for hydroxylation is 1. The summed E-state index contributed by atoms with van der Waals surface area (Å²) < 4.78 is 39.9. The van der Waals surface area contributed by atoms with Gasteiger partial charge in [0.1, 0.15) is 0 Å². The number of thiazole rings is 1. The number of hydrogen-bond donors (Lipinski definition) is 1. The Labute approximate surface area is 176 Å². The molecule has 0 bridgehead atoms. The molecule has 2 aromatic rings. The smallest absolute Gasteiger partial charge is 0.475 e. The summed E-state index contributed by atoms with van der Waals surface area (Å²) in [6.07, 6.45) is -0.472. The molecule has 4 rings (SSSR count). The lowest BCUT2D eigenvalue weighted by molar-refractivity contribution is -0.192. The zero-order chi connectivity index (χ0) is 21.7. The summed E-state index contributed by atoms with van der Waals surface area (Å²) in [4.78, 5) is 16.0. The second kappa shape index (κ2) is 9.88.